The van der Waals surface area contributed by atoms with E-state index < -0.39 is 11.7 Å². The first-order valence-corrected chi connectivity index (χ1v) is 2.89. The van der Waals surface area contributed by atoms with Gasteiger partial charge in [-0.1, -0.05) is 0 Å². The van der Waals surface area contributed by atoms with Crippen LogP contribution < -0.4 is 0 Å². The van der Waals surface area contributed by atoms with Gasteiger partial charge in [-0.2, -0.15) is 18.4 Å². The molecule has 0 saturated heterocycles. The van der Waals surface area contributed by atoms with Gasteiger partial charge in [-0.15, -0.1) is 0 Å². The second kappa shape index (κ2) is 4.44. The van der Waals surface area contributed by atoms with Gasteiger partial charge in [0.1, 0.15) is 11.6 Å². The number of alkyl halides is 3. The summed E-state index contributed by atoms with van der Waals surface area (Å²) in [6.45, 7) is 0. The van der Waals surface area contributed by atoms with Crippen molar-refractivity contribution in [2.45, 2.75) is 6.18 Å². The molecule has 0 aromatic carbocycles. The van der Waals surface area contributed by atoms with E-state index in [4.69, 9.17) is 5.26 Å². The van der Waals surface area contributed by atoms with Crippen molar-refractivity contribution in [1.82, 2.24) is 0 Å². The Labute approximate surface area is 67.6 Å². The zero-order valence-electron chi connectivity index (χ0n) is 6.22. The van der Waals surface area contributed by atoms with Gasteiger partial charge < -0.3 is 4.74 Å². The summed E-state index contributed by atoms with van der Waals surface area (Å²) in [7, 11) is 1.30. The molecule has 0 rings (SSSR count). The fourth-order valence-electron chi connectivity index (χ4n) is 0.409. The van der Waals surface area contributed by atoms with Crippen LogP contribution in [-0.2, 0) is 4.74 Å². The molecule has 0 saturated carbocycles. The Kier molecular flexibility index (Phi) is 3.91. The number of methoxy groups -OCH3 is 1. The van der Waals surface area contributed by atoms with E-state index >= 15 is 0 Å². The Morgan fingerprint density at radius 3 is 2.42 bits per heavy atom. The lowest BCUT2D eigenvalue weighted by Crippen LogP contribution is -2.09. The monoisotopic (exact) mass is 177 g/mol. The molecule has 0 aromatic heterocycles. The first-order valence-electron chi connectivity index (χ1n) is 2.89. The van der Waals surface area contributed by atoms with Crippen LogP contribution in [0.3, 0.4) is 0 Å². The summed E-state index contributed by atoms with van der Waals surface area (Å²) in [5, 5.41) is 8.05. The van der Waals surface area contributed by atoms with E-state index in [9.17, 15) is 13.2 Å². The van der Waals surface area contributed by atoms with Crippen molar-refractivity contribution in [2.24, 2.45) is 0 Å². The molecule has 0 aliphatic heterocycles. The van der Waals surface area contributed by atoms with Crippen LogP contribution in [0.1, 0.15) is 0 Å². The molecule has 0 spiro atoms. The number of nitrogens with zero attached hydrogens (tertiary/aromatic N) is 1. The van der Waals surface area contributed by atoms with E-state index in [0.29, 0.717) is 6.08 Å². The molecule has 0 N–H and O–H groups in total. The highest BCUT2D eigenvalue weighted by molar-refractivity contribution is 5.29. The van der Waals surface area contributed by atoms with Gasteiger partial charge in [0.05, 0.1) is 13.4 Å². The first-order chi connectivity index (χ1) is 5.52. The summed E-state index contributed by atoms with van der Waals surface area (Å²) in [6, 6.07) is 1.03. The molecule has 0 aliphatic carbocycles. The summed E-state index contributed by atoms with van der Waals surface area (Å²) in [5.74, 6) is 0. The van der Waals surface area contributed by atoms with Crippen LogP contribution in [0.25, 0.3) is 0 Å². The highest BCUT2D eigenvalue weighted by Crippen LogP contribution is 2.24. The smallest absolute Gasteiger partial charge is 0.426 e. The molecule has 0 radical (unpaired) electrons. The fraction of sp³-hybridized carbons (Fsp3) is 0.286. The second-order valence-electron chi connectivity index (χ2n) is 1.75. The molecule has 0 aromatic rings. The third-order valence-electron chi connectivity index (χ3n) is 0.903. The maximum absolute atomic E-state index is 11.8. The molecular weight excluding hydrogens is 171 g/mol. The summed E-state index contributed by atoms with van der Waals surface area (Å²) in [4.78, 5) is 0. The summed E-state index contributed by atoms with van der Waals surface area (Å²) in [6.07, 6.45) is -1.90. The van der Waals surface area contributed by atoms with Gasteiger partial charge in [-0.3, -0.25) is 0 Å². The zero-order chi connectivity index (χ0) is 9.61. The standard InChI is InChI=1S/C7H6F3NO/c1-12-4-2-3-6(5-11)7(8,9)10/h2-4H,1H3/b4-2+,6-3+. The molecule has 0 aliphatic rings. The molecule has 0 unspecified atom stereocenters. The van der Waals surface area contributed by atoms with E-state index in [1.54, 1.807) is 0 Å². The molecular formula is C7H6F3NO. The minimum absolute atomic E-state index is 0.642. The highest BCUT2D eigenvalue weighted by atomic mass is 19.4. The number of hydrogen-bond acceptors (Lipinski definition) is 2. The van der Waals surface area contributed by atoms with Gasteiger partial charge in [-0.05, 0) is 12.2 Å². The summed E-state index contributed by atoms with van der Waals surface area (Å²) >= 11 is 0. The Morgan fingerprint density at radius 1 is 1.50 bits per heavy atom. The van der Waals surface area contributed by atoms with Crippen molar-refractivity contribution < 1.29 is 17.9 Å². The van der Waals surface area contributed by atoms with Crippen LogP contribution in [0.15, 0.2) is 24.0 Å². The van der Waals surface area contributed by atoms with E-state index in [0.717, 1.165) is 18.4 Å². The third kappa shape index (κ3) is 3.66. The average molecular weight is 177 g/mol. The normalized spacial score (nSPS) is 13.1. The number of rotatable bonds is 2. The van der Waals surface area contributed by atoms with E-state index in [-0.39, 0.29) is 0 Å². The fourth-order valence-corrected chi connectivity index (χ4v) is 0.409. The minimum Gasteiger partial charge on any atom is -0.504 e. The number of halogens is 3. The van der Waals surface area contributed by atoms with Gasteiger partial charge in [0, 0.05) is 0 Å². The van der Waals surface area contributed by atoms with Crippen molar-refractivity contribution in [3.8, 4) is 6.07 Å². The second-order valence-corrected chi connectivity index (χ2v) is 1.75. The number of nitriles is 1. The molecule has 0 heterocycles. The Bertz CT molecular complexity index is 234. The van der Waals surface area contributed by atoms with Gasteiger partial charge >= 0.3 is 6.18 Å². The predicted molar refractivity (Wildman–Crippen MR) is 35.9 cm³/mol. The van der Waals surface area contributed by atoms with Crippen molar-refractivity contribution >= 4 is 0 Å². The third-order valence-corrected chi connectivity index (χ3v) is 0.903. The summed E-state index contributed by atoms with van der Waals surface area (Å²) in [5.41, 5.74) is -1.25. The first kappa shape index (κ1) is 10.6. The summed E-state index contributed by atoms with van der Waals surface area (Å²) < 4.78 is 39.7. The Morgan fingerprint density at radius 2 is 2.08 bits per heavy atom. The lowest BCUT2D eigenvalue weighted by atomic mass is 10.2. The average Bonchev–Trinajstić information content (AvgIpc) is 1.95. The lowest BCUT2D eigenvalue weighted by molar-refractivity contribution is -0.0873. The molecule has 2 nitrogen and oxygen atoms in total. The molecule has 66 valence electrons. The van der Waals surface area contributed by atoms with E-state index in [1.165, 1.54) is 7.11 Å². The van der Waals surface area contributed by atoms with Crippen molar-refractivity contribution in [1.29, 1.82) is 5.26 Å². The van der Waals surface area contributed by atoms with Crippen molar-refractivity contribution in [3.63, 3.8) is 0 Å². The van der Waals surface area contributed by atoms with Crippen LogP contribution in [0.5, 0.6) is 0 Å². The van der Waals surface area contributed by atoms with Gasteiger partial charge in [0.15, 0.2) is 0 Å². The topological polar surface area (TPSA) is 33.0 Å². The number of allylic oxidation sites excluding steroid dienone is 3. The molecule has 0 amide bonds. The maximum Gasteiger partial charge on any atom is 0.426 e. The van der Waals surface area contributed by atoms with Crippen LogP contribution in [-0.4, -0.2) is 13.3 Å². The van der Waals surface area contributed by atoms with Crippen molar-refractivity contribution in [2.75, 3.05) is 7.11 Å². The molecule has 0 bridgehead atoms. The maximum atomic E-state index is 11.8. The Balaban J connectivity index is 4.48. The van der Waals surface area contributed by atoms with Crippen LogP contribution in [0.2, 0.25) is 0 Å². The van der Waals surface area contributed by atoms with Crippen LogP contribution >= 0.6 is 0 Å². The van der Waals surface area contributed by atoms with E-state index in [2.05, 4.69) is 4.74 Å². The van der Waals surface area contributed by atoms with Crippen LogP contribution in [0.4, 0.5) is 13.2 Å². The largest absolute Gasteiger partial charge is 0.504 e. The number of ether oxygens (including phenoxy) is 1. The zero-order valence-corrected chi connectivity index (χ0v) is 6.22. The van der Waals surface area contributed by atoms with Gasteiger partial charge in [-0.25, -0.2) is 0 Å². The molecule has 12 heavy (non-hydrogen) atoms. The van der Waals surface area contributed by atoms with Crippen LogP contribution in [0, 0.1) is 11.3 Å². The molecule has 5 heteroatoms. The predicted octanol–water partition coefficient (Wildman–Crippen LogP) is 2.16. The lowest BCUT2D eigenvalue weighted by Gasteiger charge is -2.01. The quantitative estimate of drug-likeness (QED) is 0.368. The van der Waals surface area contributed by atoms with Gasteiger partial charge in [0.2, 0.25) is 0 Å². The molecule has 0 atom stereocenters. The highest BCUT2D eigenvalue weighted by Gasteiger charge is 2.33. The van der Waals surface area contributed by atoms with Crippen molar-refractivity contribution in [3.05, 3.63) is 24.0 Å². The SMILES string of the molecule is CO/C=C/C=C(\C#N)C(F)(F)F. The Hall–Kier alpha value is -1.44. The minimum atomic E-state index is -4.59. The van der Waals surface area contributed by atoms with E-state index in [1.807, 2.05) is 0 Å². The molecule has 0 fully saturated rings. The number of hydrogen-bond donors (Lipinski definition) is 0. The van der Waals surface area contributed by atoms with Gasteiger partial charge in [0.25, 0.3) is 0 Å².